The van der Waals surface area contributed by atoms with Gasteiger partial charge >= 0.3 is 0 Å². The van der Waals surface area contributed by atoms with Gasteiger partial charge in [0.05, 0.1) is 17.6 Å². The largest absolute Gasteiger partial charge is 0.469 e. The molecule has 0 unspecified atom stereocenters. The number of nitrogens with zero attached hydrogens (tertiary/aromatic N) is 3. The Kier molecular flexibility index (Phi) is 5.23. The number of furan rings is 1. The van der Waals surface area contributed by atoms with Crippen molar-refractivity contribution in [2.75, 3.05) is 5.75 Å². The SMILES string of the molecule is Cc1occc1-c1nnc(SCC(=O)NC(C)C)n1-c1ccccc1. The summed E-state index contributed by atoms with van der Waals surface area (Å²) >= 11 is 1.36. The van der Waals surface area contributed by atoms with E-state index in [1.807, 2.05) is 61.7 Å². The fourth-order valence-corrected chi connectivity index (χ4v) is 3.22. The molecule has 0 radical (unpaired) electrons. The van der Waals surface area contributed by atoms with Crippen molar-refractivity contribution in [3.63, 3.8) is 0 Å². The highest BCUT2D eigenvalue weighted by Crippen LogP contribution is 2.30. The smallest absolute Gasteiger partial charge is 0.230 e. The number of rotatable bonds is 6. The van der Waals surface area contributed by atoms with Crippen molar-refractivity contribution in [3.8, 4) is 17.1 Å². The van der Waals surface area contributed by atoms with Gasteiger partial charge in [-0.1, -0.05) is 30.0 Å². The van der Waals surface area contributed by atoms with Gasteiger partial charge < -0.3 is 9.73 Å². The zero-order valence-corrected chi connectivity index (χ0v) is 15.2. The fraction of sp³-hybridized carbons (Fsp3) is 0.278. The van der Waals surface area contributed by atoms with Gasteiger partial charge in [-0.2, -0.15) is 0 Å². The molecule has 3 aromatic rings. The maximum absolute atomic E-state index is 12.0. The highest BCUT2D eigenvalue weighted by molar-refractivity contribution is 7.99. The molecule has 130 valence electrons. The Morgan fingerprint density at radius 1 is 1.24 bits per heavy atom. The van der Waals surface area contributed by atoms with Gasteiger partial charge in [0.25, 0.3) is 0 Å². The second kappa shape index (κ2) is 7.57. The summed E-state index contributed by atoms with van der Waals surface area (Å²) in [5.41, 5.74) is 1.82. The van der Waals surface area contributed by atoms with E-state index in [0.717, 1.165) is 17.0 Å². The van der Waals surface area contributed by atoms with E-state index in [0.29, 0.717) is 11.0 Å². The van der Waals surface area contributed by atoms with Gasteiger partial charge in [-0.05, 0) is 39.0 Å². The molecule has 0 spiro atoms. The van der Waals surface area contributed by atoms with Crippen LogP contribution in [0.4, 0.5) is 0 Å². The molecule has 0 saturated carbocycles. The van der Waals surface area contributed by atoms with Crippen LogP contribution in [0.3, 0.4) is 0 Å². The Bertz CT molecular complexity index is 855. The van der Waals surface area contributed by atoms with Crippen molar-refractivity contribution < 1.29 is 9.21 Å². The predicted octanol–water partition coefficient (Wildman–Crippen LogP) is 3.45. The van der Waals surface area contributed by atoms with Crippen molar-refractivity contribution in [3.05, 3.63) is 48.4 Å². The van der Waals surface area contributed by atoms with Crippen LogP contribution >= 0.6 is 11.8 Å². The van der Waals surface area contributed by atoms with Crippen LogP contribution < -0.4 is 5.32 Å². The molecule has 25 heavy (non-hydrogen) atoms. The summed E-state index contributed by atoms with van der Waals surface area (Å²) < 4.78 is 7.36. The van der Waals surface area contributed by atoms with Crippen molar-refractivity contribution >= 4 is 17.7 Å². The first-order valence-corrected chi connectivity index (χ1v) is 9.02. The zero-order chi connectivity index (χ0) is 17.8. The molecule has 0 bridgehead atoms. The summed E-state index contributed by atoms with van der Waals surface area (Å²) in [4.78, 5) is 12.0. The number of nitrogens with one attached hydrogen (secondary N) is 1. The van der Waals surface area contributed by atoms with Gasteiger partial charge in [-0.3, -0.25) is 9.36 Å². The number of hydrogen-bond donors (Lipinski definition) is 1. The van der Waals surface area contributed by atoms with Gasteiger partial charge in [-0.25, -0.2) is 0 Å². The normalized spacial score (nSPS) is 11.0. The van der Waals surface area contributed by atoms with Gasteiger partial charge in [-0.15, -0.1) is 10.2 Å². The minimum absolute atomic E-state index is 0.0244. The predicted molar refractivity (Wildman–Crippen MR) is 97.8 cm³/mol. The molecule has 0 atom stereocenters. The lowest BCUT2D eigenvalue weighted by molar-refractivity contribution is -0.119. The molecule has 1 N–H and O–H groups in total. The maximum atomic E-state index is 12.0. The Balaban J connectivity index is 1.95. The molecular weight excluding hydrogens is 336 g/mol. The van der Waals surface area contributed by atoms with E-state index in [2.05, 4.69) is 15.5 Å². The Morgan fingerprint density at radius 2 is 2.00 bits per heavy atom. The van der Waals surface area contributed by atoms with Crippen molar-refractivity contribution in [1.82, 2.24) is 20.1 Å². The average molecular weight is 356 g/mol. The molecule has 0 aliphatic heterocycles. The van der Waals surface area contributed by atoms with Crippen LogP contribution in [0.5, 0.6) is 0 Å². The highest BCUT2D eigenvalue weighted by atomic mass is 32.2. The van der Waals surface area contributed by atoms with Crippen LogP contribution in [-0.4, -0.2) is 32.5 Å². The number of carbonyl (C=O) groups excluding carboxylic acids is 1. The standard InChI is InChI=1S/C18H20N4O2S/c1-12(2)19-16(23)11-25-18-21-20-17(15-9-10-24-13(15)3)22(18)14-7-5-4-6-8-14/h4-10,12H,11H2,1-3H3,(H,19,23). The lowest BCUT2D eigenvalue weighted by atomic mass is 10.2. The second-order valence-electron chi connectivity index (χ2n) is 5.88. The third-order valence-electron chi connectivity index (χ3n) is 3.53. The number of aryl methyl sites for hydroxylation is 1. The fourth-order valence-electron chi connectivity index (χ4n) is 2.46. The molecule has 0 aliphatic carbocycles. The van der Waals surface area contributed by atoms with E-state index in [1.165, 1.54) is 11.8 Å². The Hall–Kier alpha value is -2.54. The monoisotopic (exact) mass is 356 g/mol. The first kappa shape index (κ1) is 17.3. The van der Waals surface area contributed by atoms with Crippen LogP contribution in [-0.2, 0) is 4.79 Å². The Labute approximate surface area is 150 Å². The van der Waals surface area contributed by atoms with Crippen LogP contribution in [0.1, 0.15) is 19.6 Å². The van der Waals surface area contributed by atoms with Gasteiger partial charge in [0.15, 0.2) is 11.0 Å². The first-order chi connectivity index (χ1) is 12.1. The minimum atomic E-state index is -0.0244. The number of thioether (sulfide) groups is 1. The minimum Gasteiger partial charge on any atom is -0.469 e. The Morgan fingerprint density at radius 3 is 2.64 bits per heavy atom. The zero-order valence-electron chi connectivity index (χ0n) is 14.4. The number of aromatic nitrogens is 3. The van der Waals surface area contributed by atoms with E-state index in [-0.39, 0.29) is 17.7 Å². The molecule has 2 aromatic heterocycles. The number of carbonyl (C=O) groups is 1. The molecular formula is C18H20N4O2S. The van der Waals surface area contributed by atoms with E-state index in [9.17, 15) is 4.79 Å². The number of benzene rings is 1. The lowest BCUT2D eigenvalue weighted by Crippen LogP contribution is -2.31. The molecule has 2 heterocycles. The molecule has 7 heteroatoms. The van der Waals surface area contributed by atoms with Crippen molar-refractivity contribution in [1.29, 1.82) is 0 Å². The lowest BCUT2D eigenvalue weighted by Gasteiger charge is -2.10. The molecule has 1 aromatic carbocycles. The van der Waals surface area contributed by atoms with Crippen molar-refractivity contribution in [2.45, 2.75) is 32.0 Å². The van der Waals surface area contributed by atoms with E-state index < -0.39 is 0 Å². The van der Waals surface area contributed by atoms with Gasteiger partial charge in [0.2, 0.25) is 5.91 Å². The first-order valence-electron chi connectivity index (χ1n) is 8.03. The second-order valence-corrected chi connectivity index (χ2v) is 6.82. The topological polar surface area (TPSA) is 72.9 Å². The average Bonchev–Trinajstić information content (AvgIpc) is 3.18. The number of amides is 1. The van der Waals surface area contributed by atoms with Crippen LogP contribution in [0.2, 0.25) is 0 Å². The van der Waals surface area contributed by atoms with Crippen LogP contribution in [0.15, 0.2) is 52.2 Å². The van der Waals surface area contributed by atoms with Crippen LogP contribution in [0.25, 0.3) is 17.1 Å². The summed E-state index contributed by atoms with van der Waals surface area (Å²) in [6, 6.07) is 11.8. The molecule has 3 rings (SSSR count). The van der Waals surface area contributed by atoms with E-state index >= 15 is 0 Å². The van der Waals surface area contributed by atoms with Crippen molar-refractivity contribution in [2.24, 2.45) is 0 Å². The van der Waals surface area contributed by atoms with Gasteiger partial charge in [0, 0.05) is 11.7 Å². The quantitative estimate of drug-likeness (QED) is 0.685. The summed E-state index contributed by atoms with van der Waals surface area (Å²) in [7, 11) is 0. The molecule has 0 fully saturated rings. The number of hydrogen-bond acceptors (Lipinski definition) is 5. The summed E-state index contributed by atoms with van der Waals surface area (Å²) in [6.45, 7) is 5.77. The van der Waals surface area contributed by atoms with Crippen LogP contribution in [0, 0.1) is 6.92 Å². The van der Waals surface area contributed by atoms with Gasteiger partial charge in [0.1, 0.15) is 5.76 Å². The summed E-state index contributed by atoms with van der Waals surface area (Å²) in [5.74, 6) is 1.74. The highest BCUT2D eigenvalue weighted by Gasteiger charge is 2.19. The molecule has 0 aliphatic rings. The third-order valence-corrected chi connectivity index (χ3v) is 4.46. The summed E-state index contributed by atoms with van der Waals surface area (Å²) in [6.07, 6.45) is 1.64. The number of para-hydroxylation sites is 1. The summed E-state index contributed by atoms with van der Waals surface area (Å²) in [5, 5.41) is 12.2. The molecule has 0 saturated heterocycles. The van der Waals surface area contributed by atoms with E-state index in [4.69, 9.17) is 4.42 Å². The maximum Gasteiger partial charge on any atom is 0.230 e. The third kappa shape index (κ3) is 3.93. The molecule has 1 amide bonds. The van der Waals surface area contributed by atoms with E-state index in [1.54, 1.807) is 6.26 Å². The molecule has 6 nitrogen and oxygen atoms in total.